The lowest BCUT2D eigenvalue weighted by Gasteiger charge is -2.37. The SMILES string of the molecule is NC(=NC(=O)c1ccc(N2CCN(C(=O)c3ccc(F)cc3)CC2)c(C(F)(F)F)c1)NCS(=O)(=O)O. The Morgan fingerprint density at radius 2 is 1.61 bits per heavy atom. The van der Waals surface area contributed by atoms with Crippen LogP contribution in [0.4, 0.5) is 23.2 Å². The van der Waals surface area contributed by atoms with Gasteiger partial charge in [-0.25, -0.2) is 4.39 Å². The molecule has 0 bridgehead atoms. The average molecular weight is 531 g/mol. The maximum atomic E-state index is 13.8. The van der Waals surface area contributed by atoms with E-state index < -0.39 is 51.0 Å². The lowest BCUT2D eigenvalue weighted by Crippen LogP contribution is -2.49. The minimum absolute atomic E-state index is 0.0773. The molecule has 10 nitrogen and oxygen atoms in total. The summed E-state index contributed by atoms with van der Waals surface area (Å²) in [5, 5.41) is 1.95. The number of alkyl halides is 3. The molecule has 0 radical (unpaired) electrons. The van der Waals surface area contributed by atoms with Gasteiger partial charge in [0.2, 0.25) is 0 Å². The summed E-state index contributed by atoms with van der Waals surface area (Å²) in [7, 11) is -4.47. The van der Waals surface area contributed by atoms with E-state index in [1.54, 1.807) is 0 Å². The number of carbonyl (C=O) groups excluding carboxylic acids is 2. The summed E-state index contributed by atoms with van der Waals surface area (Å²) in [4.78, 5) is 31.0. The molecule has 1 fully saturated rings. The van der Waals surface area contributed by atoms with E-state index in [0.29, 0.717) is 6.07 Å². The molecule has 0 unspecified atom stereocenters. The van der Waals surface area contributed by atoms with Crippen molar-refractivity contribution in [2.45, 2.75) is 6.18 Å². The van der Waals surface area contributed by atoms with Gasteiger partial charge in [-0.1, -0.05) is 0 Å². The molecular formula is C21H21F4N5O5S. The van der Waals surface area contributed by atoms with Crippen molar-refractivity contribution in [3.63, 3.8) is 0 Å². The highest BCUT2D eigenvalue weighted by atomic mass is 32.2. The minimum atomic E-state index is -4.83. The number of guanidine groups is 1. The first-order chi connectivity index (χ1) is 16.7. The van der Waals surface area contributed by atoms with E-state index in [9.17, 15) is 35.6 Å². The molecule has 1 heterocycles. The number of hydrogen-bond acceptors (Lipinski definition) is 5. The van der Waals surface area contributed by atoms with Crippen molar-refractivity contribution in [3.8, 4) is 0 Å². The molecule has 36 heavy (non-hydrogen) atoms. The first-order valence-electron chi connectivity index (χ1n) is 10.3. The lowest BCUT2D eigenvalue weighted by molar-refractivity contribution is -0.137. The number of hydrogen-bond donors (Lipinski definition) is 3. The third kappa shape index (κ3) is 6.91. The first-order valence-corrected chi connectivity index (χ1v) is 11.9. The number of nitrogens with one attached hydrogen (secondary N) is 1. The number of nitrogens with two attached hydrogens (primary N) is 1. The van der Waals surface area contributed by atoms with E-state index in [-0.39, 0.29) is 43.3 Å². The highest BCUT2D eigenvalue weighted by Crippen LogP contribution is 2.38. The minimum Gasteiger partial charge on any atom is -0.370 e. The maximum Gasteiger partial charge on any atom is 0.418 e. The Balaban J connectivity index is 1.76. The fourth-order valence-corrected chi connectivity index (χ4v) is 3.81. The zero-order chi connectivity index (χ0) is 26.7. The van der Waals surface area contributed by atoms with Crippen LogP contribution in [0.3, 0.4) is 0 Å². The van der Waals surface area contributed by atoms with Crippen LogP contribution in [0.1, 0.15) is 26.3 Å². The van der Waals surface area contributed by atoms with Gasteiger partial charge in [0, 0.05) is 43.0 Å². The normalized spacial score (nSPS) is 15.1. The summed E-state index contributed by atoms with van der Waals surface area (Å²) in [6, 6.07) is 7.76. The monoisotopic (exact) mass is 531 g/mol. The predicted molar refractivity (Wildman–Crippen MR) is 121 cm³/mol. The second-order valence-electron chi connectivity index (χ2n) is 7.72. The molecule has 4 N–H and O–H groups in total. The van der Waals surface area contributed by atoms with E-state index in [0.717, 1.165) is 24.3 Å². The van der Waals surface area contributed by atoms with Gasteiger partial charge in [-0.05, 0) is 42.5 Å². The van der Waals surface area contributed by atoms with E-state index in [2.05, 4.69) is 4.99 Å². The van der Waals surface area contributed by atoms with Crippen LogP contribution in [0.25, 0.3) is 0 Å². The van der Waals surface area contributed by atoms with Crippen molar-refractivity contribution in [1.29, 1.82) is 0 Å². The number of nitrogens with zero attached hydrogens (tertiary/aromatic N) is 3. The van der Waals surface area contributed by atoms with E-state index in [4.69, 9.17) is 10.3 Å². The molecule has 0 atom stereocenters. The van der Waals surface area contributed by atoms with Gasteiger partial charge in [-0.3, -0.25) is 14.1 Å². The smallest absolute Gasteiger partial charge is 0.370 e. The molecule has 2 aromatic rings. The molecule has 1 aliphatic heterocycles. The highest BCUT2D eigenvalue weighted by molar-refractivity contribution is 7.85. The molecule has 0 spiro atoms. The Morgan fingerprint density at radius 1 is 1.03 bits per heavy atom. The summed E-state index contributed by atoms with van der Waals surface area (Å²) in [5.41, 5.74) is 3.84. The van der Waals surface area contributed by atoms with Crippen molar-refractivity contribution in [1.82, 2.24) is 10.2 Å². The van der Waals surface area contributed by atoms with Crippen molar-refractivity contribution in [2.24, 2.45) is 10.7 Å². The largest absolute Gasteiger partial charge is 0.418 e. The quantitative estimate of drug-likeness (QED) is 0.229. The summed E-state index contributed by atoms with van der Waals surface area (Å²) in [6.45, 7) is 0.394. The lowest BCUT2D eigenvalue weighted by atomic mass is 10.1. The van der Waals surface area contributed by atoms with Gasteiger partial charge >= 0.3 is 6.18 Å². The van der Waals surface area contributed by atoms with E-state index in [1.807, 2.05) is 5.32 Å². The standard InChI is InChI=1S/C21H21F4N5O5S/c22-15-4-1-13(2-5-15)19(32)30-9-7-29(8-10-30)17-6-3-14(11-16(17)21(23,24)25)18(31)28-20(26)27-12-36(33,34)35/h1-6,11H,7-10,12H2,(H,33,34,35)(H3,26,27,28,31). The predicted octanol–water partition coefficient (Wildman–Crippen LogP) is 1.70. The molecule has 2 aromatic carbocycles. The second kappa shape index (κ2) is 10.5. The zero-order valence-corrected chi connectivity index (χ0v) is 19.3. The Labute approximate surface area is 203 Å². The molecular weight excluding hydrogens is 510 g/mol. The molecule has 0 aliphatic carbocycles. The van der Waals surface area contributed by atoms with E-state index >= 15 is 0 Å². The van der Waals surface area contributed by atoms with Gasteiger partial charge in [0.1, 0.15) is 11.7 Å². The second-order valence-corrected chi connectivity index (χ2v) is 9.17. The van der Waals surface area contributed by atoms with Crippen molar-refractivity contribution in [2.75, 3.05) is 37.0 Å². The van der Waals surface area contributed by atoms with Gasteiger partial charge in [-0.2, -0.15) is 26.6 Å². The molecule has 3 rings (SSSR count). The van der Waals surface area contributed by atoms with Crippen LogP contribution in [0.15, 0.2) is 47.5 Å². The van der Waals surface area contributed by atoms with Crippen LogP contribution in [0, 0.1) is 5.82 Å². The first kappa shape index (κ1) is 26.9. The average Bonchev–Trinajstić information content (AvgIpc) is 2.81. The summed E-state index contributed by atoms with van der Waals surface area (Å²) in [5.74, 6) is -3.79. The van der Waals surface area contributed by atoms with Gasteiger partial charge in [-0.15, -0.1) is 0 Å². The van der Waals surface area contributed by atoms with Gasteiger partial charge < -0.3 is 20.9 Å². The third-order valence-corrected chi connectivity index (χ3v) is 5.71. The van der Waals surface area contributed by atoms with Gasteiger partial charge in [0.05, 0.1) is 5.56 Å². The number of anilines is 1. The number of amides is 2. The Hall–Kier alpha value is -3.72. The number of benzene rings is 2. The van der Waals surface area contributed by atoms with E-state index in [1.165, 1.54) is 21.9 Å². The van der Waals surface area contributed by atoms with Crippen LogP contribution < -0.4 is 16.0 Å². The Morgan fingerprint density at radius 3 is 2.17 bits per heavy atom. The summed E-state index contributed by atoms with van der Waals surface area (Å²) >= 11 is 0. The van der Waals surface area contributed by atoms with Crippen molar-refractivity contribution in [3.05, 3.63) is 65.0 Å². The number of piperazine rings is 1. The van der Waals surface area contributed by atoms with Crippen LogP contribution in [0.5, 0.6) is 0 Å². The fourth-order valence-electron chi connectivity index (χ4n) is 3.48. The zero-order valence-electron chi connectivity index (χ0n) is 18.5. The highest BCUT2D eigenvalue weighted by Gasteiger charge is 2.36. The molecule has 194 valence electrons. The molecule has 0 aromatic heterocycles. The van der Waals surface area contributed by atoms with Crippen LogP contribution in [-0.2, 0) is 16.3 Å². The number of halogens is 4. The number of carbonyl (C=O) groups is 2. The van der Waals surface area contributed by atoms with Gasteiger partial charge in [0.25, 0.3) is 21.9 Å². The molecule has 2 amide bonds. The maximum absolute atomic E-state index is 13.8. The summed E-state index contributed by atoms with van der Waals surface area (Å²) < 4.78 is 84.6. The number of aliphatic imine (C=N–C) groups is 1. The Bertz CT molecular complexity index is 1270. The fraction of sp³-hybridized carbons (Fsp3) is 0.286. The topological polar surface area (TPSA) is 145 Å². The molecule has 1 saturated heterocycles. The third-order valence-electron chi connectivity index (χ3n) is 5.21. The van der Waals surface area contributed by atoms with Crippen LogP contribution in [-0.4, -0.2) is 67.7 Å². The molecule has 1 aliphatic rings. The van der Waals surface area contributed by atoms with Gasteiger partial charge in [0.15, 0.2) is 5.96 Å². The molecule has 0 saturated carbocycles. The molecule has 15 heteroatoms. The summed E-state index contributed by atoms with van der Waals surface area (Å²) in [6.07, 6.45) is -4.83. The Kier molecular flexibility index (Phi) is 7.83. The van der Waals surface area contributed by atoms with Crippen molar-refractivity contribution < 1.29 is 40.1 Å². The van der Waals surface area contributed by atoms with Crippen LogP contribution in [0.2, 0.25) is 0 Å². The number of rotatable bonds is 5. The van der Waals surface area contributed by atoms with Crippen molar-refractivity contribution >= 4 is 33.6 Å². The van der Waals surface area contributed by atoms with Crippen LogP contribution >= 0.6 is 0 Å².